The third-order valence-electron chi connectivity index (χ3n) is 4.82. The van der Waals surface area contributed by atoms with Gasteiger partial charge in [-0.05, 0) is 23.1 Å². The summed E-state index contributed by atoms with van der Waals surface area (Å²) in [5, 5.41) is 2.52. The van der Waals surface area contributed by atoms with Crippen molar-refractivity contribution in [2.24, 2.45) is 4.99 Å². The maximum atomic E-state index is 9.19. The smallest absolute Gasteiger partial charge is 0.286 e. The Morgan fingerprint density at radius 3 is 1.91 bits per heavy atom. The summed E-state index contributed by atoms with van der Waals surface area (Å²) in [4.78, 5) is 14.3. The van der Waals surface area contributed by atoms with Crippen molar-refractivity contribution in [2.45, 2.75) is 13.8 Å². The molecule has 3 aromatic carbocycles. The van der Waals surface area contributed by atoms with Crippen LogP contribution in [-0.4, -0.2) is 48.0 Å². The van der Waals surface area contributed by atoms with Gasteiger partial charge in [0, 0.05) is 29.1 Å². The van der Waals surface area contributed by atoms with Crippen LogP contribution in [0.25, 0.3) is 44.3 Å². The molecule has 0 saturated heterocycles. The molecule has 1 N–H and O–H groups in total. The molecule has 0 fully saturated rings. The summed E-state index contributed by atoms with van der Waals surface area (Å²) in [6, 6.07) is 17.0. The summed E-state index contributed by atoms with van der Waals surface area (Å²) in [7, 11) is -6.78. The molecule has 0 saturated carbocycles. The molecular formula is C22H19N3O6S2. The molecule has 6 rings (SSSR count). The second-order valence-corrected chi connectivity index (χ2v) is 8.93. The van der Waals surface area contributed by atoms with E-state index < -0.39 is 20.7 Å². The van der Waals surface area contributed by atoms with E-state index in [4.69, 9.17) is 27.1 Å². The molecule has 9 nitrogen and oxygen atoms in total. The molecule has 4 aromatic rings. The van der Waals surface area contributed by atoms with Crippen molar-refractivity contribution in [1.82, 2.24) is 9.97 Å². The van der Waals surface area contributed by atoms with E-state index in [1.54, 1.807) is 0 Å². The molecule has 0 spiro atoms. The molecule has 170 valence electrons. The number of hydrogen-bond donors (Lipinski definition) is 1. The highest BCUT2D eigenvalue weighted by Gasteiger charge is 2.24. The largest absolute Gasteiger partial charge is 0.425 e. The quantitative estimate of drug-likeness (QED) is 0.326. The number of nitrogens with zero attached hydrogens (tertiary/aromatic N) is 3. The van der Waals surface area contributed by atoms with E-state index in [2.05, 4.69) is 53.5 Å². The molecule has 2 aliphatic rings. The molecule has 1 aliphatic heterocycles. The molecule has 0 amide bonds. The van der Waals surface area contributed by atoms with Gasteiger partial charge < -0.3 is 0 Å². The molecule has 0 radical (unpaired) electrons. The Hall–Kier alpha value is -3.54. The minimum atomic E-state index is -3.67. The van der Waals surface area contributed by atoms with Gasteiger partial charge in [0.25, 0.3) is 10.1 Å². The normalized spacial score (nSPS) is 12.1. The Bertz CT molecular complexity index is 1630. The van der Waals surface area contributed by atoms with E-state index in [1.807, 2.05) is 6.21 Å². The molecule has 11 heteroatoms. The summed E-state index contributed by atoms with van der Waals surface area (Å²) >= 11 is 0. The van der Waals surface area contributed by atoms with Crippen LogP contribution in [0.5, 0.6) is 0 Å². The number of rotatable bonds is 0. The Morgan fingerprint density at radius 1 is 0.909 bits per heavy atom. The molecule has 33 heavy (non-hydrogen) atoms. The highest BCUT2D eigenvalue weighted by molar-refractivity contribution is 7.85. The van der Waals surface area contributed by atoms with Crippen LogP contribution in [0, 0.1) is 0 Å². The first-order chi connectivity index (χ1) is 15.1. The van der Waals surface area contributed by atoms with Crippen LogP contribution in [0.3, 0.4) is 0 Å². The molecule has 0 unspecified atom stereocenters. The van der Waals surface area contributed by atoms with Gasteiger partial charge in [-0.3, -0.25) is 9.55 Å². The van der Waals surface area contributed by atoms with E-state index in [1.165, 1.54) is 27.5 Å². The van der Waals surface area contributed by atoms with Crippen LogP contribution in [-0.2, 0) is 27.1 Å². The van der Waals surface area contributed by atoms with E-state index in [9.17, 15) is 8.42 Å². The molecule has 0 atom stereocenters. The Balaban J connectivity index is 0.000000267. The van der Waals surface area contributed by atoms with Gasteiger partial charge in [-0.1, -0.05) is 43.8 Å². The zero-order chi connectivity index (χ0) is 23.0. The predicted molar refractivity (Wildman–Crippen MR) is 127 cm³/mol. The van der Waals surface area contributed by atoms with Crippen molar-refractivity contribution in [1.29, 1.82) is 0 Å². The standard InChI is InChI=1S/C20H11N3.CH4O3S.CH4.O3S/c1-3-11-4-2-6-14-18(11)13(5-1)19-20(14)23-17-10-15-12(7-8-21-15)9-16(17)22-19;1-5(2,3)4;;1-4(2)3/h1-6,8-10H,7H2;1H3,(H,2,3,4);1H4;. The average Bonchev–Trinajstić information content (AvgIpc) is 3.27. The summed E-state index contributed by atoms with van der Waals surface area (Å²) in [6.07, 6.45) is 3.56. The summed E-state index contributed by atoms with van der Waals surface area (Å²) in [5.41, 5.74) is 8.52. The van der Waals surface area contributed by atoms with Gasteiger partial charge in [0.15, 0.2) is 0 Å². The second kappa shape index (κ2) is 9.14. The predicted octanol–water partition coefficient (Wildman–Crippen LogP) is 3.82. The van der Waals surface area contributed by atoms with E-state index in [0.717, 1.165) is 34.5 Å². The number of hydrogen-bond acceptors (Lipinski definition) is 8. The van der Waals surface area contributed by atoms with E-state index in [-0.39, 0.29) is 7.43 Å². The molecule has 0 bridgehead atoms. The molecule has 2 heterocycles. The summed E-state index contributed by atoms with van der Waals surface area (Å²) in [6.45, 7) is 0. The lowest BCUT2D eigenvalue weighted by atomic mass is 10.0. The van der Waals surface area contributed by atoms with Gasteiger partial charge >= 0.3 is 10.6 Å². The minimum Gasteiger partial charge on any atom is -0.286 e. The summed E-state index contributed by atoms with van der Waals surface area (Å²) < 4.78 is 51.2. The van der Waals surface area contributed by atoms with Gasteiger partial charge in [-0.2, -0.15) is 8.42 Å². The lowest BCUT2D eigenvalue weighted by Gasteiger charge is -2.05. The van der Waals surface area contributed by atoms with Gasteiger partial charge in [-0.15, -0.1) is 12.6 Å². The van der Waals surface area contributed by atoms with Gasteiger partial charge in [0.05, 0.1) is 34.4 Å². The van der Waals surface area contributed by atoms with Crippen molar-refractivity contribution >= 4 is 54.4 Å². The van der Waals surface area contributed by atoms with Gasteiger partial charge in [0.1, 0.15) is 0 Å². The van der Waals surface area contributed by atoms with Gasteiger partial charge in [-0.25, -0.2) is 9.97 Å². The number of aromatic nitrogens is 2. The molecule has 1 aliphatic carbocycles. The Kier molecular flexibility index (Phi) is 6.68. The maximum absolute atomic E-state index is 9.19. The SMILES string of the molecule is C.C1=Nc2cc3nc4c(nc3cc2C1)-c1cccc2cccc-4c12.CS(=O)(=O)O.O=S(=O)=O. The van der Waals surface area contributed by atoms with Crippen LogP contribution in [0.1, 0.15) is 13.0 Å². The van der Waals surface area contributed by atoms with Crippen molar-refractivity contribution < 1.29 is 25.6 Å². The average molecular weight is 486 g/mol. The fraction of sp³-hybridized carbons (Fsp3) is 0.136. The fourth-order valence-electron chi connectivity index (χ4n) is 3.77. The fourth-order valence-corrected chi connectivity index (χ4v) is 3.77. The van der Waals surface area contributed by atoms with Crippen molar-refractivity contribution in [3.05, 3.63) is 54.1 Å². The highest BCUT2D eigenvalue weighted by atomic mass is 32.2. The zero-order valence-electron chi connectivity index (χ0n) is 16.5. The number of aliphatic imine (C=N–C) groups is 1. The first-order valence-electron chi connectivity index (χ1n) is 9.20. The van der Waals surface area contributed by atoms with Crippen molar-refractivity contribution in [2.75, 3.05) is 6.26 Å². The van der Waals surface area contributed by atoms with Crippen LogP contribution in [0.2, 0.25) is 0 Å². The zero-order valence-corrected chi connectivity index (χ0v) is 18.2. The highest BCUT2D eigenvalue weighted by Crippen LogP contribution is 2.45. The van der Waals surface area contributed by atoms with E-state index >= 15 is 0 Å². The Labute approximate surface area is 191 Å². The Morgan fingerprint density at radius 2 is 1.39 bits per heavy atom. The number of benzene rings is 3. The first-order valence-corrected chi connectivity index (χ1v) is 12.1. The maximum Gasteiger partial charge on any atom is 0.425 e. The number of fused-ring (bicyclic) bond motifs is 5. The van der Waals surface area contributed by atoms with Crippen LogP contribution in [0.4, 0.5) is 5.69 Å². The third kappa shape index (κ3) is 5.11. The third-order valence-corrected chi connectivity index (χ3v) is 4.82. The van der Waals surface area contributed by atoms with Gasteiger partial charge in [0.2, 0.25) is 0 Å². The van der Waals surface area contributed by atoms with Crippen LogP contribution >= 0.6 is 0 Å². The minimum absolute atomic E-state index is 0. The van der Waals surface area contributed by atoms with Crippen molar-refractivity contribution in [3.63, 3.8) is 0 Å². The lowest BCUT2D eigenvalue weighted by Crippen LogP contribution is -1.91. The monoisotopic (exact) mass is 485 g/mol. The second-order valence-electron chi connectivity index (χ2n) is 7.05. The van der Waals surface area contributed by atoms with Crippen LogP contribution in [0.15, 0.2) is 53.5 Å². The summed E-state index contributed by atoms with van der Waals surface area (Å²) in [5.74, 6) is 0. The topological polar surface area (TPSA) is 144 Å². The lowest BCUT2D eigenvalue weighted by molar-refractivity contribution is 0.490. The van der Waals surface area contributed by atoms with Crippen LogP contribution < -0.4 is 0 Å². The molecule has 1 aromatic heterocycles. The van der Waals surface area contributed by atoms with E-state index in [0.29, 0.717) is 6.26 Å². The molecular weight excluding hydrogens is 466 g/mol. The first kappa shape index (κ1) is 24.1. The van der Waals surface area contributed by atoms with Crippen molar-refractivity contribution in [3.8, 4) is 22.5 Å².